The van der Waals surface area contributed by atoms with Crippen LogP contribution in [0.4, 0.5) is 5.69 Å². The molecular weight excluding hydrogens is 202 g/mol. The summed E-state index contributed by atoms with van der Waals surface area (Å²) < 4.78 is 0. The van der Waals surface area contributed by atoms with Crippen LogP contribution in [0, 0.1) is 0 Å². The lowest BCUT2D eigenvalue weighted by molar-refractivity contribution is -0.120. The average Bonchev–Trinajstić information content (AvgIpc) is 2.27. The van der Waals surface area contributed by atoms with Gasteiger partial charge in [0.15, 0.2) is 0 Å². The first kappa shape index (κ1) is 12.5. The Morgan fingerprint density at radius 3 is 2.75 bits per heavy atom. The van der Waals surface area contributed by atoms with Gasteiger partial charge in [-0.3, -0.25) is 4.79 Å². The van der Waals surface area contributed by atoms with Gasteiger partial charge in [-0.1, -0.05) is 12.1 Å². The number of likely N-dealkylation sites (N-methyl/N-ethyl adjacent to an activating group) is 1. The molecule has 1 rings (SSSR count). The monoisotopic (exact) mass is 221 g/mol. The lowest BCUT2D eigenvalue weighted by Crippen LogP contribution is -2.31. The molecule has 0 spiro atoms. The molecule has 0 atom stereocenters. The molecule has 0 heterocycles. The number of rotatable bonds is 5. The predicted octanol–water partition coefficient (Wildman–Crippen LogP) is 0.588. The van der Waals surface area contributed by atoms with E-state index in [9.17, 15) is 4.79 Å². The van der Waals surface area contributed by atoms with Crippen LogP contribution in [0.2, 0.25) is 0 Å². The summed E-state index contributed by atoms with van der Waals surface area (Å²) in [6.45, 7) is 0.926. The maximum atomic E-state index is 11.3. The van der Waals surface area contributed by atoms with Crippen LogP contribution in [0.1, 0.15) is 5.56 Å². The van der Waals surface area contributed by atoms with Gasteiger partial charge in [0.25, 0.3) is 0 Å². The Bertz CT molecular complexity index is 350. The smallest absolute Gasteiger partial charge is 0.234 e. The molecule has 0 bridgehead atoms. The van der Waals surface area contributed by atoms with E-state index in [0.717, 1.165) is 11.3 Å². The number of amides is 1. The van der Waals surface area contributed by atoms with E-state index in [4.69, 9.17) is 0 Å². The molecule has 0 aliphatic rings. The Morgan fingerprint density at radius 1 is 1.38 bits per heavy atom. The minimum absolute atomic E-state index is 0.0118. The molecule has 1 amide bonds. The SMILES string of the molecule is CNCC(=O)NCc1cccc(N(C)C)c1. The normalized spacial score (nSPS) is 9.94. The highest BCUT2D eigenvalue weighted by Crippen LogP contribution is 2.12. The van der Waals surface area contributed by atoms with E-state index in [1.54, 1.807) is 7.05 Å². The standard InChI is InChI=1S/C12H19N3O/c1-13-9-12(16)14-8-10-5-4-6-11(7-10)15(2)3/h4-7,13H,8-9H2,1-3H3,(H,14,16). The quantitative estimate of drug-likeness (QED) is 0.765. The molecule has 0 aliphatic heterocycles. The number of hydrogen-bond acceptors (Lipinski definition) is 3. The Balaban J connectivity index is 2.54. The first-order valence-electron chi connectivity index (χ1n) is 5.31. The molecule has 0 radical (unpaired) electrons. The number of carbonyl (C=O) groups is 1. The van der Waals surface area contributed by atoms with E-state index in [0.29, 0.717) is 13.1 Å². The van der Waals surface area contributed by atoms with Crippen LogP contribution in [0.15, 0.2) is 24.3 Å². The Hall–Kier alpha value is -1.55. The lowest BCUT2D eigenvalue weighted by atomic mass is 10.2. The fraction of sp³-hybridized carbons (Fsp3) is 0.417. The number of hydrogen-bond donors (Lipinski definition) is 2. The molecule has 4 heteroatoms. The van der Waals surface area contributed by atoms with Crippen LogP contribution < -0.4 is 15.5 Å². The highest BCUT2D eigenvalue weighted by molar-refractivity contribution is 5.77. The van der Waals surface area contributed by atoms with Gasteiger partial charge in [-0.15, -0.1) is 0 Å². The number of nitrogens with one attached hydrogen (secondary N) is 2. The largest absolute Gasteiger partial charge is 0.378 e. The van der Waals surface area contributed by atoms with Crippen LogP contribution in [0.25, 0.3) is 0 Å². The van der Waals surface area contributed by atoms with E-state index in [1.807, 2.05) is 37.2 Å². The summed E-state index contributed by atoms with van der Waals surface area (Å²) in [6.07, 6.45) is 0. The molecule has 88 valence electrons. The van der Waals surface area contributed by atoms with Gasteiger partial charge in [-0.05, 0) is 24.7 Å². The highest BCUT2D eigenvalue weighted by Gasteiger charge is 2.00. The van der Waals surface area contributed by atoms with Gasteiger partial charge < -0.3 is 15.5 Å². The van der Waals surface area contributed by atoms with Crippen molar-refractivity contribution in [3.8, 4) is 0 Å². The molecule has 0 saturated carbocycles. The van der Waals surface area contributed by atoms with Gasteiger partial charge in [0.2, 0.25) is 5.91 Å². The molecule has 0 saturated heterocycles. The summed E-state index contributed by atoms with van der Waals surface area (Å²) in [6, 6.07) is 8.11. The van der Waals surface area contributed by atoms with Crippen LogP contribution in [-0.2, 0) is 11.3 Å². The third kappa shape index (κ3) is 3.90. The average molecular weight is 221 g/mol. The predicted molar refractivity (Wildman–Crippen MR) is 66.5 cm³/mol. The van der Waals surface area contributed by atoms with E-state index in [-0.39, 0.29) is 5.91 Å². The second-order valence-corrected chi connectivity index (χ2v) is 3.87. The molecule has 0 aliphatic carbocycles. The minimum Gasteiger partial charge on any atom is -0.378 e. The van der Waals surface area contributed by atoms with Crippen molar-refractivity contribution in [2.75, 3.05) is 32.6 Å². The minimum atomic E-state index is 0.0118. The van der Waals surface area contributed by atoms with Gasteiger partial charge >= 0.3 is 0 Å². The second kappa shape index (κ2) is 6.12. The molecule has 1 aromatic rings. The first-order chi connectivity index (χ1) is 7.63. The second-order valence-electron chi connectivity index (χ2n) is 3.87. The third-order valence-electron chi connectivity index (χ3n) is 2.25. The van der Waals surface area contributed by atoms with Crippen molar-refractivity contribution >= 4 is 11.6 Å². The van der Waals surface area contributed by atoms with Crippen LogP contribution in [0.3, 0.4) is 0 Å². The molecule has 2 N–H and O–H groups in total. The Labute approximate surface area is 96.6 Å². The summed E-state index contributed by atoms with van der Waals surface area (Å²) in [4.78, 5) is 13.3. The topological polar surface area (TPSA) is 44.4 Å². The molecule has 0 fully saturated rings. The fourth-order valence-electron chi connectivity index (χ4n) is 1.37. The van der Waals surface area contributed by atoms with Gasteiger partial charge in [-0.2, -0.15) is 0 Å². The molecule has 4 nitrogen and oxygen atoms in total. The van der Waals surface area contributed by atoms with Gasteiger partial charge in [0, 0.05) is 26.3 Å². The van der Waals surface area contributed by atoms with Gasteiger partial charge in [0.05, 0.1) is 6.54 Å². The van der Waals surface area contributed by atoms with Crippen LogP contribution >= 0.6 is 0 Å². The Kier molecular flexibility index (Phi) is 4.79. The maximum Gasteiger partial charge on any atom is 0.234 e. The van der Waals surface area contributed by atoms with Crippen molar-refractivity contribution in [2.45, 2.75) is 6.54 Å². The number of nitrogens with zero attached hydrogens (tertiary/aromatic N) is 1. The van der Waals surface area contributed by atoms with Crippen molar-refractivity contribution in [1.82, 2.24) is 10.6 Å². The molecule has 0 aromatic heterocycles. The lowest BCUT2D eigenvalue weighted by Gasteiger charge is -2.13. The van der Waals surface area contributed by atoms with E-state index in [1.165, 1.54) is 0 Å². The van der Waals surface area contributed by atoms with Crippen molar-refractivity contribution in [1.29, 1.82) is 0 Å². The van der Waals surface area contributed by atoms with E-state index < -0.39 is 0 Å². The number of carbonyl (C=O) groups excluding carboxylic acids is 1. The fourth-order valence-corrected chi connectivity index (χ4v) is 1.37. The van der Waals surface area contributed by atoms with Crippen molar-refractivity contribution in [3.05, 3.63) is 29.8 Å². The summed E-state index contributed by atoms with van der Waals surface area (Å²) >= 11 is 0. The van der Waals surface area contributed by atoms with Crippen molar-refractivity contribution in [3.63, 3.8) is 0 Å². The van der Waals surface area contributed by atoms with E-state index in [2.05, 4.69) is 16.7 Å². The number of anilines is 1. The summed E-state index contributed by atoms with van der Waals surface area (Å²) in [5.41, 5.74) is 2.25. The van der Waals surface area contributed by atoms with E-state index >= 15 is 0 Å². The molecular formula is C12H19N3O. The van der Waals surface area contributed by atoms with Gasteiger partial charge in [-0.25, -0.2) is 0 Å². The molecule has 0 unspecified atom stereocenters. The number of benzene rings is 1. The van der Waals surface area contributed by atoms with Crippen molar-refractivity contribution < 1.29 is 4.79 Å². The zero-order valence-electron chi connectivity index (χ0n) is 10.1. The summed E-state index contributed by atoms with van der Waals surface area (Å²) in [5, 5.41) is 5.66. The third-order valence-corrected chi connectivity index (χ3v) is 2.25. The zero-order chi connectivity index (χ0) is 12.0. The van der Waals surface area contributed by atoms with Gasteiger partial charge in [0.1, 0.15) is 0 Å². The highest BCUT2D eigenvalue weighted by atomic mass is 16.1. The summed E-state index contributed by atoms with van der Waals surface area (Å²) in [7, 11) is 5.75. The van der Waals surface area contributed by atoms with Crippen molar-refractivity contribution in [2.24, 2.45) is 0 Å². The van der Waals surface area contributed by atoms with Crippen LogP contribution in [0.5, 0.6) is 0 Å². The first-order valence-corrected chi connectivity index (χ1v) is 5.31. The molecule has 1 aromatic carbocycles. The maximum absolute atomic E-state index is 11.3. The zero-order valence-corrected chi connectivity index (χ0v) is 10.1. The van der Waals surface area contributed by atoms with Crippen LogP contribution in [-0.4, -0.2) is 33.6 Å². The summed E-state index contributed by atoms with van der Waals surface area (Å²) in [5.74, 6) is 0.0118. The molecule has 16 heavy (non-hydrogen) atoms. The Morgan fingerprint density at radius 2 is 2.12 bits per heavy atom.